The van der Waals surface area contributed by atoms with Crippen molar-refractivity contribution < 1.29 is 52.8 Å². The molecule has 11 rings (SSSR count). The van der Waals surface area contributed by atoms with Crippen LogP contribution in [0.2, 0.25) is 0 Å². The zero-order chi connectivity index (χ0) is 45.2. The Labute approximate surface area is 370 Å². The van der Waals surface area contributed by atoms with E-state index in [0.717, 1.165) is 63.2 Å². The van der Waals surface area contributed by atoms with Crippen molar-refractivity contribution in [2.24, 2.45) is 69.5 Å². The standard InChI is InChI=1S/C17H25NO6.C17H28O2.C16H26O3/c1-4-17(2,3)15(20)22-6-5-18-16(21)24-12-9-7-10-11(8-9)14(19)23-13(10)12;1-5-16(2,3)15(18)19-17(4)13-7-11-6-12(9-13)10-14(17)8-11;1-4-14(2,3)13(17)19-16-8-11-5-12(9-16)7-15(18,6-11)10-16/h9-13H,4-8H2,1-3H3,(H,18,21);11-14H,5-10H2,1-4H3;11-12,18H,4-10H2,1-3H3. The van der Waals surface area contributed by atoms with Crippen LogP contribution in [0.4, 0.5) is 4.79 Å². The topological polar surface area (TPSA) is 164 Å². The molecule has 7 unspecified atom stereocenters. The van der Waals surface area contributed by atoms with Gasteiger partial charge in [-0.05, 0) is 180 Å². The molecule has 1 aliphatic heterocycles. The highest BCUT2D eigenvalue weighted by Crippen LogP contribution is 2.61. The van der Waals surface area contributed by atoms with E-state index in [2.05, 4.69) is 19.2 Å². The fraction of sp³-hybridized carbons (Fsp3) is 0.900. The molecule has 0 aromatic carbocycles. The SMILES string of the molecule is CCC(C)(C)C(=O)OC1(C)C2CC3CC(C2)CC1C3.CCC(C)(C)C(=O)OC12CC3CC(CC(O)(C3)C1)C2.CCC(C)(C)C(=O)OCCNC(=O)OC1C2CC3C(=O)OC1C3C2. The molecule has 10 bridgehead atoms. The third-order valence-electron chi connectivity index (χ3n) is 17.9. The van der Waals surface area contributed by atoms with Crippen LogP contribution in [0.1, 0.15) is 172 Å². The van der Waals surface area contributed by atoms with Gasteiger partial charge in [0.05, 0.1) is 34.3 Å². The number of alkyl carbamates (subject to hydrolysis) is 1. The van der Waals surface area contributed by atoms with E-state index in [0.29, 0.717) is 36.5 Å². The summed E-state index contributed by atoms with van der Waals surface area (Å²) in [6, 6.07) is 0. The van der Waals surface area contributed by atoms with E-state index in [1.807, 2.05) is 55.4 Å². The summed E-state index contributed by atoms with van der Waals surface area (Å²) < 4.78 is 28.1. The van der Waals surface area contributed by atoms with E-state index in [9.17, 15) is 29.1 Å². The highest BCUT2D eigenvalue weighted by atomic mass is 16.6. The second-order valence-corrected chi connectivity index (χ2v) is 23.7. The molecule has 7 atom stereocenters. The van der Waals surface area contributed by atoms with Gasteiger partial charge in [0.1, 0.15) is 30.0 Å². The Bertz CT molecular complexity index is 1670. The number of carbonyl (C=O) groups excluding carboxylic acids is 5. The summed E-state index contributed by atoms with van der Waals surface area (Å²) in [7, 11) is 0. The number of esters is 4. The van der Waals surface area contributed by atoms with Crippen molar-refractivity contribution in [2.75, 3.05) is 13.2 Å². The number of rotatable bonds is 12. The van der Waals surface area contributed by atoms with Gasteiger partial charge in [0, 0.05) is 18.3 Å². The Hall–Kier alpha value is -2.89. The molecule has 0 spiro atoms. The molecule has 11 aliphatic rings. The molecule has 1 heterocycles. The van der Waals surface area contributed by atoms with Gasteiger partial charge in [0.25, 0.3) is 0 Å². The smallest absolute Gasteiger partial charge is 0.407 e. The zero-order valence-corrected chi connectivity index (χ0v) is 39.6. The molecule has 62 heavy (non-hydrogen) atoms. The van der Waals surface area contributed by atoms with Crippen LogP contribution < -0.4 is 5.32 Å². The Morgan fingerprint density at radius 3 is 1.76 bits per heavy atom. The van der Waals surface area contributed by atoms with Gasteiger partial charge >= 0.3 is 30.0 Å². The van der Waals surface area contributed by atoms with E-state index in [1.54, 1.807) is 0 Å². The molecule has 1 amide bonds. The summed E-state index contributed by atoms with van der Waals surface area (Å²) in [6.45, 7) is 20.1. The second-order valence-electron chi connectivity index (χ2n) is 23.7. The average molecular weight is 870 g/mol. The van der Waals surface area contributed by atoms with Crippen LogP contribution in [0.3, 0.4) is 0 Å². The molecule has 1 saturated heterocycles. The van der Waals surface area contributed by atoms with Gasteiger partial charge in [-0.2, -0.15) is 0 Å². The molecule has 350 valence electrons. The molecular weight excluding hydrogens is 791 g/mol. The van der Waals surface area contributed by atoms with Crippen molar-refractivity contribution in [1.29, 1.82) is 0 Å². The van der Waals surface area contributed by atoms with Crippen molar-refractivity contribution in [3.8, 4) is 0 Å². The molecular formula is C50H79NO11. The highest BCUT2D eigenvalue weighted by molar-refractivity contribution is 5.78. The van der Waals surface area contributed by atoms with Crippen LogP contribution in [0.5, 0.6) is 0 Å². The first-order chi connectivity index (χ1) is 28.9. The number of hydrogen-bond acceptors (Lipinski definition) is 11. The molecule has 12 nitrogen and oxygen atoms in total. The Morgan fingerprint density at radius 1 is 0.710 bits per heavy atom. The second kappa shape index (κ2) is 17.2. The van der Waals surface area contributed by atoms with Crippen LogP contribution >= 0.6 is 0 Å². The predicted molar refractivity (Wildman–Crippen MR) is 231 cm³/mol. The lowest BCUT2D eigenvalue weighted by atomic mass is 9.50. The number of carbonyl (C=O) groups is 5. The van der Waals surface area contributed by atoms with Crippen LogP contribution in [-0.4, -0.2) is 77.2 Å². The monoisotopic (exact) mass is 870 g/mol. The third kappa shape index (κ3) is 9.29. The first-order valence-electron chi connectivity index (χ1n) is 24.5. The number of aliphatic hydroxyl groups is 1. The van der Waals surface area contributed by atoms with Gasteiger partial charge in [-0.25, -0.2) is 4.79 Å². The summed E-state index contributed by atoms with van der Waals surface area (Å²) in [4.78, 5) is 60.3. The minimum absolute atomic E-state index is 0.00393. The van der Waals surface area contributed by atoms with Crippen molar-refractivity contribution in [3.63, 3.8) is 0 Å². The van der Waals surface area contributed by atoms with Crippen molar-refractivity contribution in [3.05, 3.63) is 0 Å². The van der Waals surface area contributed by atoms with Gasteiger partial charge in [-0.15, -0.1) is 0 Å². The highest BCUT2D eigenvalue weighted by Gasteiger charge is 2.64. The van der Waals surface area contributed by atoms with Crippen molar-refractivity contribution in [1.82, 2.24) is 5.32 Å². The molecule has 0 radical (unpaired) electrons. The van der Waals surface area contributed by atoms with Gasteiger partial charge in [0.15, 0.2) is 0 Å². The maximum absolute atomic E-state index is 12.5. The molecule has 10 saturated carbocycles. The molecule has 11 fully saturated rings. The van der Waals surface area contributed by atoms with E-state index in [-0.39, 0.29) is 83.6 Å². The fourth-order valence-corrected chi connectivity index (χ4v) is 13.4. The van der Waals surface area contributed by atoms with Gasteiger partial charge in [-0.1, -0.05) is 20.8 Å². The van der Waals surface area contributed by atoms with Crippen LogP contribution in [-0.2, 0) is 42.9 Å². The normalized spacial score (nSPS) is 40.1. The van der Waals surface area contributed by atoms with Crippen LogP contribution in [0.15, 0.2) is 0 Å². The summed E-state index contributed by atoms with van der Waals surface area (Å²) in [6.07, 6.45) is 15.1. The maximum atomic E-state index is 12.5. The average Bonchev–Trinajstić information content (AvgIpc) is 3.83. The summed E-state index contributed by atoms with van der Waals surface area (Å²) in [5.41, 5.74) is -2.35. The van der Waals surface area contributed by atoms with Crippen molar-refractivity contribution in [2.45, 2.75) is 201 Å². The van der Waals surface area contributed by atoms with E-state index in [4.69, 9.17) is 23.7 Å². The third-order valence-corrected chi connectivity index (χ3v) is 17.9. The molecule has 12 heteroatoms. The lowest BCUT2D eigenvalue weighted by Gasteiger charge is -2.59. The lowest BCUT2D eigenvalue weighted by molar-refractivity contribution is -0.225. The number of hydrogen-bond donors (Lipinski definition) is 2. The summed E-state index contributed by atoms with van der Waals surface area (Å²) in [5, 5.41) is 13.2. The lowest BCUT2D eigenvalue weighted by Crippen LogP contribution is -2.61. The van der Waals surface area contributed by atoms with Gasteiger partial charge < -0.3 is 34.1 Å². The van der Waals surface area contributed by atoms with E-state index >= 15 is 0 Å². The van der Waals surface area contributed by atoms with Crippen LogP contribution in [0.25, 0.3) is 0 Å². The van der Waals surface area contributed by atoms with E-state index < -0.39 is 22.5 Å². The minimum atomic E-state index is -0.558. The molecule has 0 aromatic rings. The van der Waals surface area contributed by atoms with E-state index in [1.165, 1.54) is 38.5 Å². The predicted octanol–water partition coefficient (Wildman–Crippen LogP) is 8.87. The number of fused-ring (bicyclic) bond motifs is 1. The number of amides is 1. The minimum Gasteiger partial charge on any atom is -0.463 e. The largest absolute Gasteiger partial charge is 0.463 e. The molecule has 0 aromatic heterocycles. The molecule has 10 aliphatic carbocycles. The quantitative estimate of drug-likeness (QED) is 0.109. The zero-order valence-electron chi connectivity index (χ0n) is 39.6. The number of nitrogens with one attached hydrogen (secondary N) is 1. The van der Waals surface area contributed by atoms with Gasteiger partial charge in [0.2, 0.25) is 0 Å². The first-order valence-corrected chi connectivity index (χ1v) is 24.5. The summed E-state index contributed by atoms with van der Waals surface area (Å²) in [5.74, 6) is 4.15. The Kier molecular flexibility index (Phi) is 13.0. The Morgan fingerprint density at radius 2 is 1.23 bits per heavy atom. The fourth-order valence-electron chi connectivity index (χ4n) is 13.4. The maximum Gasteiger partial charge on any atom is 0.407 e. The van der Waals surface area contributed by atoms with Gasteiger partial charge in [-0.3, -0.25) is 19.2 Å². The van der Waals surface area contributed by atoms with Crippen LogP contribution in [0, 0.1) is 69.5 Å². The molecule has 2 N–H and O–H groups in total. The first kappa shape index (κ1) is 47.1. The Balaban J connectivity index is 0.000000141. The van der Waals surface area contributed by atoms with Crippen molar-refractivity contribution >= 4 is 30.0 Å². The summed E-state index contributed by atoms with van der Waals surface area (Å²) >= 11 is 0. The number of ether oxygens (including phenoxy) is 5.